The van der Waals surface area contributed by atoms with Gasteiger partial charge in [-0.05, 0) is 28.1 Å². The summed E-state index contributed by atoms with van der Waals surface area (Å²) < 4.78 is 1.93. The van der Waals surface area contributed by atoms with E-state index < -0.39 is 11.8 Å². The molecule has 0 spiro atoms. The van der Waals surface area contributed by atoms with Gasteiger partial charge in [0.1, 0.15) is 6.54 Å². The molecule has 0 fully saturated rings. The molecule has 7 nitrogen and oxygen atoms in total. The first-order chi connectivity index (χ1) is 10.1. The quantitative estimate of drug-likeness (QED) is 0.818. The number of halogens is 1. The molecule has 8 heteroatoms. The Balaban J connectivity index is 1.95. The van der Waals surface area contributed by atoms with E-state index in [-0.39, 0.29) is 13.2 Å². The first kappa shape index (κ1) is 15.3. The summed E-state index contributed by atoms with van der Waals surface area (Å²) in [6, 6.07) is 6.82. The van der Waals surface area contributed by atoms with Crippen LogP contribution in [0.2, 0.25) is 0 Å². The highest BCUT2D eigenvalue weighted by Crippen LogP contribution is 2.15. The van der Waals surface area contributed by atoms with Crippen molar-refractivity contribution in [2.45, 2.75) is 13.0 Å². The van der Waals surface area contributed by atoms with Crippen LogP contribution in [0.1, 0.15) is 16.1 Å². The maximum Gasteiger partial charge on any atom is 0.259 e. The lowest BCUT2D eigenvalue weighted by atomic mass is 10.2. The average molecular weight is 353 g/mol. The van der Waals surface area contributed by atoms with Crippen LogP contribution in [0.3, 0.4) is 0 Å². The number of aliphatic hydroxyl groups is 1. The van der Waals surface area contributed by atoms with E-state index in [0.29, 0.717) is 22.2 Å². The van der Waals surface area contributed by atoms with Gasteiger partial charge in [-0.15, -0.1) is 5.10 Å². The van der Waals surface area contributed by atoms with Gasteiger partial charge in [0.05, 0.1) is 11.3 Å². The third-order valence-electron chi connectivity index (χ3n) is 2.63. The molecule has 0 radical (unpaired) electrons. The smallest absolute Gasteiger partial charge is 0.259 e. The number of rotatable bonds is 5. The molecule has 2 aromatic rings. The number of benzene rings is 1. The summed E-state index contributed by atoms with van der Waals surface area (Å²) in [5.41, 5.74) is 0.966. The maximum atomic E-state index is 11.9. The molecular formula is C13H13BrN4O3. The van der Waals surface area contributed by atoms with Crippen molar-refractivity contribution in [1.82, 2.24) is 20.3 Å². The number of carbonyl (C=O) groups is 2. The molecule has 2 N–H and O–H groups in total. The van der Waals surface area contributed by atoms with Crippen LogP contribution in [0.25, 0.3) is 0 Å². The second-order valence-corrected chi connectivity index (χ2v) is 5.09. The van der Waals surface area contributed by atoms with E-state index in [1.54, 1.807) is 30.5 Å². The van der Waals surface area contributed by atoms with Crippen LogP contribution >= 0.6 is 15.9 Å². The average Bonchev–Trinajstić information content (AvgIpc) is 2.86. The van der Waals surface area contributed by atoms with Crippen molar-refractivity contribution in [1.29, 1.82) is 0 Å². The van der Waals surface area contributed by atoms with Gasteiger partial charge < -0.3 is 5.11 Å². The fourth-order valence-corrected chi connectivity index (χ4v) is 2.14. The molecule has 21 heavy (non-hydrogen) atoms. The minimum Gasteiger partial charge on any atom is -0.396 e. The van der Waals surface area contributed by atoms with Gasteiger partial charge in [-0.3, -0.25) is 14.9 Å². The van der Waals surface area contributed by atoms with Crippen molar-refractivity contribution in [2.24, 2.45) is 0 Å². The van der Waals surface area contributed by atoms with Gasteiger partial charge in [-0.2, -0.15) is 0 Å². The Morgan fingerprint density at radius 1 is 1.33 bits per heavy atom. The predicted molar refractivity (Wildman–Crippen MR) is 77.4 cm³/mol. The van der Waals surface area contributed by atoms with Gasteiger partial charge in [0.2, 0.25) is 5.91 Å². The fraction of sp³-hybridized carbons (Fsp3) is 0.231. The van der Waals surface area contributed by atoms with Gasteiger partial charge in [0, 0.05) is 23.7 Å². The summed E-state index contributed by atoms with van der Waals surface area (Å²) in [7, 11) is 0. The molecule has 1 heterocycles. The molecule has 0 unspecified atom stereocenters. The minimum absolute atomic E-state index is 0.0363. The molecule has 0 aliphatic carbocycles. The van der Waals surface area contributed by atoms with E-state index >= 15 is 0 Å². The largest absolute Gasteiger partial charge is 0.396 e. The summed E-state index contributed by atoms with van der Waals surface area (Å²) in [5.74, 6) is -0.973. The molecule has 2 rings (SSSR count). The SMILES string of the molecule is O=C(Cn1cc(CCO)nn1)NC(=O)c1ccccc1Br. The van der Waals surface area contributed by atoms with Gasteiger partial charge in [0.25, 0.3) is 5.91 Å². The molecule has 0 saturated heterocycles. The summed E-state index contributed by atoms with van der Waals surface area (Å²) in [5, 5.41) is 18.6. The Hall–Kier alpha value is -2.06. The number of amides is 2. The highest BCUT2D eigenvalue weighted by molar-refractivity contribution is 9.10. The summed E-state index contributed by atoms with van der Waals surface area (Å²) in [6.45, 7) is -0.153. The van der Waals surface area contributed by atoms with E-state index in [1.807, 2.05) is 0 Å². The lowest BCUT2D eigenvalue weighted by molar-refractivity contribution is -0.120. The van der Waals surface area contributed by atoms with Crippen LogP contribution in [-0.4, -0.2) is 38.5 Å². The van der Waals surface area contributed by atoms with Crippen LogP contribution in [0, 0.1) is 0 Å². The van der Waals surface area contributed by atoms with Gasteiger partial charge in [0.15, 0.2) is 0 Å². The number of nitrogens with one attached hydrogen (secondary N) is 1. The normalized spacial score (nSPS) is 10.4. The second kappa shape index (κ2) is 7.09. The molecule has 2 amide bonds. The third kappa shape index (κ3) is 4.20. The summed E-state index contributed by atoms with van der Waals surface area (Å²) in [4.78, 5) is 23.7. The second-order valence-electron chi connectivity index (χ2n) is 4.24. The Labute approximate surface area is 129 Å². The number of aromatic nitrogens is 3. The fourth-order valence-electron chi connectivity index (χ4n) is 1.67. The van der Waals surface area contributed by atoms with Crippen LogP contribution in [0.5, 0.6) is 0 Å². The van der Waals surface area contributed by atoms with Crippen LogP contribution < -0.4 is 5.32 Å². The molecular weight excluding hydrogens is 340 g/mol. The van der Waals surface area contributed by atoms with Crippen LogP contribution in [0.4, 0.5) is 0 Å². The molecule has 0 bridgehead atoms. The zero-order valence-corrected chi connectivity index (χ0v) is 12.6. The number of carbonyl (C=O) groups excluding carboxylic acids is 2. The Bertz CT molecular complexity index is 656. The molecule has 1 aromatic heterocycles. The van der Waals surface area contributed by atoms with Crippen molar-refractivity contribution in [2.75, 3.05) is 6.61 Å². The highest BCUT2D eigenvalue weighted by Gasteiger charge is 2.13. The van der Waals surface area contributed by atoms with Gasteiger partial charge in [-0.25, -0.2) is 4.68 Å². The molecule has 0 aliphatic heterocycles. The Morgan fingerprint density at radius 3 is 2.81 bits per heavy atom. The van der Waals surface area contributed by atoms with E-state index in [1.165, 1.54) is 4.68 Å². The van der Waals surface area contributed by atoms with E-state index in [0.717, 1.165) is 0 Å². The first-order valence-electron chi connectivity index (χ1n) is 6.18. The maximum absolute atomic E-state index is 11.9. The Morgan fingerprint density at radius 2 is 2.10 bits per heavy atom. The van der Waals surface area contributed by atoms with E-state index in [9.17, 15) is 9.59 Å². The van der Waals surface area contributed by atoms with Crippen molar-refractivity contribution in [3.8, 4) is 0 Å². The molecule has 0 saturated carbocycles. The van der Waals surface area contributed by atoms with Crippen molar-refractivity contribution in [3.05, 3.63) is 46.2 Å². The van der Waals surface area contributed by atoms with E-state index in [2.05, 4.69) is 31.6 Å². The molecule has 1 aromatic carbocycles. The third-order valence-corrected chi connectivity index (χ3v) is 3.32. The first-order valence-corrected chi connectivity index (χ1v) is 6.98. The number of aliphatic hydroxyl groups excluding tert-OH is 1. The number of nitrogens with zero attached hydrogens (tertiary/aromatic N) is 3. The monoisotopic (exact) mass is 352 g/mol. The van der Waals surface area contributed by atoms with Crippen LogP contribution in [0.15, 0.2) is 34.9 Å². The zero-order chi connectivity index (χ0) is 15.2. The molecule has 110 valence electrons. The van der Waals surface area contributed by atoms with Gasteiger partial charge in [-0.1, -0.05) is 17.3 Å². The highest BCUT2D eigenvalue weighted by atomic mass is 79.9. The lowest BCUT2D eigenvalue weighted by Gasteiger charge is -2.05. The topological polar surface area (TPSA) is 97.1 Å². The zero-order valence-electron chi connectivity index (χ0n) is 11.0. The van der Waals surface area contributed by atoms with E-state index in [4.69, 9.17) is 5.11 Å². The summed E-state index contributed by atoms with van der Waals surface area (Å²) >= 11 is 3.25. The molecule has 0 atom stereocenters. The van der Waals surface area contributed by atoms with Crippen molar-refractivity contribution in [3.63, 3.8) is 0 Å². The van der Waals surface area contributed by atoms with Crippen molar-refractivity contribution < 1.29 is 14.7 Å². The lowest BCUT2D eigenvalue weighted by Crippen LogP contribution is -2.33. The summed E-state index contributed by atoms with van der Waals surface area (Å²) in [6.07, 6.45) is 1.93. The predicted octanol–water partition coefficient (Wildman–Crippen LogP) is 0.532. The van der Waals surface area contributed by atoms with Crippen LogP contribution in [-0.2, 0) is 17.8 Å². The number of hydrogen-bond acceptors (Lipinski definition) is 5. The Kier molecular flexibility index (Phi) is 5.18. The van der Waals surface area contributed by atoms with Gasteiger partial charge >= 0.3 is 0 Å². The number of hydrogen-bond donors (Lipinski definition) is 2. The van der Waals surface area contributed by atoms with Crippen molar-refractivity contribution >= 4 is 27.7 Å². The molecule has 0 aliphatic rings. The number of imide groups is 1. The standard InChI is InChI=1S/C13H13BrN4O3/c14-11-4-2-1-3-10(11)13(21)15-12(20)8-18-7-9(5-6-19)16-17-18/h1-4,7,19H,5-6,8H2,(H,15,20,21). The minimum atomic E-state index is -0.490.